The van der Waals surface area contributed by atoms with E-state index in [0.29, 0.717) is 75.7 Å². The number of benzene rings is 2. The van der Waals surface area contributed by atoms with Gasteiger partial charge in [-0.1, -0.05) is 0 Å². The highest BCUT2D eigenvalue weighted by Crippen LogP contribution is 2.17. The van der Waals surface area contributed by atoms with Gasteiger partial charge in [0.1, 0.15) is 50.2 Å². The smallest absolute Gasteiger partial charge is 0.411 e. The van der Waals surface area contributed by atoms with Crippen molar-refractivity contribution in [3.8, 4) is 11.5 Å². The number of nitrogens with one attached hydrogen (secondary N) is 1. The second-order valence-corrected chi connectivity index (χ2v) is 8.92. The van der Waals surface area contributed by atoms with Crippen molar-refractivity contribution < 1.29 is 57.4 Å². The highest BCUT2D eigenvalue weighted by molar-refractivity contribution is 5.84. The Hall–Kier alpha value is -4.31. The maximum atomic E-state index is 11.9. The highest BCUT2D eigenvalue weighted by Gasteiger charge is 2.09. The fraction of sp³-hybridized carbons (Fsp3) is 0.500. The maximum Gasteiger partial charge on any atom is 0.411 e. The van der Waals surface area contributed by atoms with Crippen LogP contribution in [0.1, 0.15) is 19.3 Å². The molecule has 0 saturated carbocycles. The van der Waals surface area contributed by atoms with Crippen molar-refractivity contribution in [2.45, 2.75) is 19.3 Å². The fourth-order valence-electron chi connectivity index (χ4n) is 3.34. The number of carbonyl (C=O) groups excluding carboxylic acids is 3. The molecule has 0 aliphatic rings. The number of amides is 1. The van der Waals surface area contributed by atoms with Gasteiger partial charge in [-0.3, -0.25) is 14.9 Å². The van der Waals surface area contributed by atoms with Crippen molar-refractivity contribution in [1.29, 1.82) is 0 Å². The van der Waals surface area contributed by atoms with Crippen LogP contribution in [-0.4, -0.2) is 102 Å². The van der Waals surface area contributed by atoms with Crippen molar-refractivity contribution in [2.75, 3.05) is 84.6 Å². The van der Waals surface area contributed by atoms with Gasteiger partial charge in [0.25, 0.3) is 0 Å². The molecule has 0 aliphatic carbocycles. The van der Waals surface area contributed by atoms with Crippen molar-refractivity contribution in [2.24, 2.45) is 5.18 Å². The van der Waals surface area contributed by atoms with Gasteiger partial charge in [0, 0.05) is 18.5 Å². The van der Waals surface area contributed by atoms with Crippen LogP contribution in [-0.2, 0) is 38.0 Å². The lowest BCUT2D eigenvalue weighted by Gasteiger charge is -2.10. The van der Waals surface area contributed by atoms with Crippen LogP contribution in [0.3, 0.4) is 0 Å². The van der Waals surface area contributed by atoms with Crippen LogP contribution in [0.4, 0.5) is 16.2 Å². The molecule has 2 aromatic carbocycles. The molecule has 248 valence electrons. The minimum Gasteiger partial charge on any atom is -0.491 e. The van der Waals surface area contributed by atoms with E-state index >= 15 is 0 Å². The lowest BCUT2D eigenvalue weighted by molar-refractivity contribution is -0.146. The number of ether oxygens (including phenoxy) is 8. The van der Waals surface area contributed by atoms with Crippen LogP contribution in [0.15, 0.2) is 53.7 Å². The molecule has 0 bridgehead atoms. The Bertz CT molecular complexity index is 1110. The zero-order chi connectivity index (χ0) is 32.4. The summed E-state index contributed by atoms with van der Waals surface area (Å²) in [6.07, 6.45) is -0.395. The number of esters is 2. The summed E-state index contributed by atoms with van der Waals surface area (Å²) in [7, 11) is 0. The second-order valence-electron chi connectivity index (χ2n) is 8.92. The first kappa shape index (κ1) is 36.9. The molecule has 0 aliphatic heterocycles. The molecular weight excluding hydrogens is 596 g/mol. The summed E-state index contributed by atoms with van der Waals surface area (Å²) in [4.78, 5) is 45.2. The Morgan fingerprint density at radius 2 is 1.07 bits per heavy atom. The third-order valence-corrected chi connectivity index (χ3v) is 5.48. The molecule has 15 nitrogen and oxygen atoms in total. The number of hydrogen-bond acceptors (Lipinski definition) is 14. The zero-order valence-corrected chi connectivity index (χ0v) is 25.0. The third-order valence-electron chi connectivity index (χ3n) is 5.48. The van der Waals surface area contributed by atoms with E-state index in [4.69, 9.17) is 38.3 Å². The second kappa shape index (κ2) is 24.1. The van der Waals surface area contributed by atoms with Crippen LogP contribution in [0.5, 0.6) is 11.5 Å². The molecule has 0 aromatic heterocycles. The van der Waals surface area contributed by atoms with Gasteiger partial charge in [-0.25, -0.2) is 4.79 Å². The summed E-state index contributed by atoms with van der Waals surface area (Å²) in [5.41, 5.74) is 0.839. The number of aliphatic hydroxyl groups is 1. The SMILES string of the molecule is O=Nc1ccc(OCCOCCOCCOCCOc2ccc(NC(=O)OCCOC(=O)CCCC(=O)OCCO)cc2)cc1. The Kier molecular flexibility index (Phi) is 19.7. The monoisotopic (exact) mass is 636 g/mol. The Labute approximate surface area is 260 Å². The molecule has 0 atom stereocenters. The van der Waals surface area contributed by atoms with Crippen molar-refractivity contribution in [1.82, 2.24) is 0 Å². The van der Waals surface area contributed by atoms with Gasteiger partial charge < -0.3 is 43.0 Å². The highest BCUT2D eigenvalue weighted by atomic mass is 16.6. The molecule has 0 radical (unpaired) electrons. The zero-order valence-electron chi connectivity index (χ0n) is 25.0. The number of nitroso groups, excluding NO2 is 1. The van der Waals surface area contributed by atoms with E-state index in [-0.39, 0.29) is 45.7 Å². The van der Waals surface area contributed by atoms with Gasteiger partial charge in [-0.15, -0.1) is 4.91 Å². The average molecular weight is 637 g/mol. The topological polar surface area (TPSA) is 187 Å². The van der Waals surface area contributed by atoms with Crippen LogP contribution in [0.2, 0.25) is 0 Å². The molecule has 2 N–H and O–H groups in total. The van der Waals surface area contributed by atoms with E-state index in [2.05, 4.69) is 15.2 Å². The Morgan fingerprint density at radius 1 is 0.600 bits per heavy atom. The molecule has 1 amide bonds. The molecule has 0 saturated heterocycles. The van der Waals surface area contributed by atoms with Crippen molar-refractivity contribution in [3.05, 3.63) is 53.4 Å². The molecule has 15 heteroatoms. The number of nitrogens with zero attached hydrogens (tertiary/aromatic N) is 1. The Morgan fingerprint density at radius 3 is 1.58 bits per heavy atom. The van der Waals surface area contributed by atoms with Gasteiger partial charge >= 0.3 is 18.0 Å². The standard InChI is InChI=1S/C30H40N2O13/c33-12-13-43-28(34)2-1-3-29(35)44-22-23-45-30(36)31-24-4-8-26(9-5-24)41-20-18-39-16-14-38-15-17-40-19-21-42-27-10-6-25(32-37)7-11-27/h4-11,33H,1-3,12-23H2,(H,31,36). The molecule has 0 unspecified atom stereocenters. The van der Waals surface area contributed by atoms with Crippen LogP contribution >= 0.6 is 0 Å². The van der Waals surface area contributed by atoms with Crippen LogP contribution in [0.25, 0.3) is 0 Å². The van der Waals surface area contributed by atoms with Gasteiger partial charge in [0.05, 0.1) is 46.2 Å². The first-order chi connectivity index (χ1) is 22.0. The number of rotatable bonds is 25. The molecule has 0 spiro atoms. The summed E-state index contributed by atoms with van der Waals surface area (Å²) >= 11 is 0. The first-order valence-electron chi connectivity index (χ1n) is 14.4. The van der Waals surface area contributed by atoms with Gasteiger partial charge in [0.15, 0.2) is 0 Å². The third kappa shape index (κ3) is 18.9. The number of aliphatic hydroxyl groups excluding tert-OH is 1. The summed E-state index contributed by atoms with van der Waals surface area (Å²) in [5, 5.41) is 14.0. The number of hydrogen-bond donors (Lipinski definition) is 2. The summed E-state index contributed by atoms with van der Waals surface area (Å²) < 4.78 is 42.1. The number of carbonyl (C=O) groups is 3. The van der Waals surface area contributed by atoms with Crippen LogP contribution < -0.4 is 14.8 Å². The summed E-state index contributed by atoms with van der Waals surface area (Å²) in [5.74, 6) is 0.210. The summed E-state index contributed by atoms with van der Waals surface area (Å²) in [6, 6.07) is 13.2. The van der Waals surface area contributed by atoms with E-state index in [9.17, 15) is 19.3 Å². The van der Waals surface area contributed by atoms with E-state index < -0.39 is 18.0 Å². The Balaban J connectivity index is 1.39. The first-order valence-corrected chi connectivity index (χ1v) is 14.4. The number of anilines is 1. The molecule has 45 heavy (non-hydrogen) atoms. The predicted octanol–water partition coefficient (Wildman–Crippen LogP) is 3.39. The van der Waals surface area contributed by atoms with E-state index in [1.807, 2.05) is 0 Å². The van der Waals surface area contributed by atoms with Gasteiger partial charge in [-0.2, -0.15) is 0 Å². The lowest BCUT2D eigenvalue weighted by Crippen LogP contribution is -2.18. The molecule has 0 fully saturated rings. The minimum atomic E-state index is -0.709. The molecular formula is C30H40N2O13. The lowest BCUT2D eigenvalue weighted by atomic mass is 10.2. The normalized spacial score (nSPS) is 10.5. The fourth-order valence-corrected chi connectivity index (χ4v) is 3.34. The minimum absolute atomic E-state index is 0.0193. The van der Waals surface area contributed by atoms with E-state index in [0.717, 1.165) is 0 Å². The molecule has 0 heterocycles. The van der Waals surface area contributed by atoms with Gasteiger partial charge in [0.2, 0.25) is 0 Å². The molecule has 2 aromatic rings. The predicted molar refractivity (Wildman–Crippen MR) is 160 cm³/mol. The van der Waals surface area contributed by atoms with E-state index in [1.54, 1.807) is 48.5 Å². The largest absolute Gasteiger partial charge is 0.491 e. The van der Waals surface area contributed by atoms with Gasteiger partial charge in [-0.05, 0) is 60.1 Å². The van der Waals surface area contributed by atoms with Crippen molar-refractivity contribution >= 4 is 29.4 Å². The van der Waals surface area contributed by atoms with Crippen LogP contribution in [0, 0.1) is 4.91 Å². The quantitative estimate of drug-likeness (QED) is 0.0700. The van der Waals surface area contributed by atoms with Crippen molar-refractivity contribution in [3.63, 3.8) is 0 Å². The molecule has 2 rings (SSSR count). The summed E-state index contributed by atoms with van der Waals surface area (Å²) in [6.45, 7) is 2.58. The maximum absolute atomic E-state index is 11.9. The van der Waals surface area contributed by atoms with E-state index in [1.165, 1.54) is 0 Å². The average Bonchev–Trinajstić information content (AvgIpc) is 3.05.